The number of carboxylic acid groups (broad SMARTS) is 1. The van der Waals surface area contributed by atoms with E-state index in [1.807, 2.05) is 0 Å². The van der Waals surface area contributed by atoms with Crippen LogP contribution in [0, 0.1) is 0 Å². The van der Waals surface area contributed by atoms with Crippen LogP contribution in [0.25, 0.3) is 0 Å². The van der Waals surface area contributed by atoms with Crippen LogP contribution < -0.4 is 0 Å². The Morgan fingerprint density at radius 1 is 1.25 bits per heavy atom. The standard InChI is InChI=1S/C12H15NO3/c14-10-7-13-6-9(11(10)12(15)16)8-4-2-1-3-5-8/h6-8,14H,1-5H2,(H,15,16). The van der Waals surface area contributed by atoms with Crippen molar-refractivity contribution in [3.8, 4) is 5.75 Å². The monoisotopic (exact) mass is 221 g/mol. The third kappa shape index (κ3) is 2.01. The Morgan fingerprint density at radius 3 is 2.56 bits per heavy atom. The normalized spacial score (nSPS) is 17.2. The van der Waals surface area contributed by atoms with Gasteiger partial charge in [-0.05, 0) is 24.3 Å². The molecule has 2 rings (SSSR count). The lowest BCUT2D eigenvalue weighted by molar-refractivity contribution is 0.0691. The van der Waals surface area contributed by atoms with Gasteiger partial charge in [0, 0.05) is 6.20 Å². The maximum Gasteiger partial charge on any atom is 0.339 e. The van der Waals surface area contributed by atoms with E-state index in [2.05, 4.69) is 4.98 Å². The van der Waals surface area contributed by atoms with E-state index < -0.39 is 5.97 Å². The maximum atomic E-state index is 11.1. The minimum atomic E-state index is -1.07. The lowest BCUT2D eigenvalue weighted by Crippen LogP contribution is -2.11. The first-order chi connectivity index (χ1) is 7.70. The molecule has 0 radical (unpaired) electrons. The van der Waals surface area contributed by atoms with Gasteiger partial charge in [0.05, 0.1) is 6.20 Å². The zero-order valence-electron chi connectivity index (χ0n) is 9.02. The van der Waals surface area contributed by atoms with E-state index in [1.54, 1.807) is 6.20 Å². The van der Waals surface area contributed by atoms with Crippen LogP contribution in [0.3, 0.4) is 0 Å². The molecule has 86 valence electrons. The molecule has 1 aliphatic carbocycles. The molecule has 1 heterocycles. The van der Waals surface area contributed by atoms with Gasteiger partial charge in [-0.3, -0.25) is 4.98 Å². The van der Waals surface area contributed by atoms with Crippen molar-refractivity contribution in [2.45, 2.75) is 38.0 Å². The number of aromatic nitrogens is 1. The van der Waals surface area contributed by atoms with Gasteiger partial charge in [0.2, 0.25) is 0 Å². The van der Waals surface area contributed by atoms with Gasteiger partial charge < -0.3 is 10.2 Å². The van der Waals surface area contributed by atoms with E-state index in [1.165, 1.54) is 12.6 Å². The van der Waals surface area contributed by atoms with Gasteiger partial charge >= 0.3 is 5.97 Å². The van der Waals surface area contributed by atoms with Crippen LogP contribution in [0.4, 0.5) is 0 Å². The predicted molar refractivity (Wildman–Crippen MR) is 58.7 cm³/mol. The fourth-order valence-electron chi connectivity index (χ4n) is 2.42. The number of aromatic hydroxyl groups is 1. The summed E-state index contributed by atoms with van der Waals surface area (Å²) in [4.78, 5) is 15.0. The molecule has 1 aliphatic rings. The largest absolute Gasteiger partial charge is 0.505 e. The van der Waals surface area contributed by atoms with E-state index in [0.29, 0.717) is 5.56 Å². The first kappa shape index (κ1) is 10.9. The van der Waals surface area contributed by atoms with Crippen molar-refractivity contribution in [3.05, 3.63) is 23.5 Å². The summed E-state index contributed by atoms with van der Waals surface area (Å²) in [5, 5.41) is 18.6. The Labute approximate surface area is 93.9 Å². The number of aromatic carboxylic acids is 1. The highest BCUT2D eigenvalue weighted by molar-refractivity contribution is 5.92. The summed E-state index contributed by atoms with van der Waals surface area (Å²) in [6.07, 6.45) is 8.22. The first-order valence-corrected chi connectivity index (χ1v) is 5.60. The van der Waals surface area contributed by atoms with Crippen molar-refractivity contribution in [2.75, 3.05) is 0 Å². The highest BCUT2D eigenvalue weighted by Gasteiger charge is 2.23. The second kappa shape index (κ2) is 4.51. The molecule has 0 atom stereocenters. The predicted octanol–water partition coefficient (Wildman–Crippen LogP) is 2.53. The molecule has 1 aromatic heterocycles. The molecule has 0 saturated heterocycles. The molecule has 1 aromatic rings. The van der Waals surface area contributed by atoms with Crippen LogP contribution in [0.5, 0.6) is 5.75 Å². The first-order valence-electron chi connectivity index (χ1n) is 5.60. The zero-order chi connectivity index (χ0) is 11.5. The number of hydrogen-bond acceptors (Lipinski definition) is 3. The van der Waals surface area contributed by atoms with Crippen LogP contribution >= 0.6 is 0 Å². The second-order valence-electron chi connectivity index (χ2n) is 4.26. The molecule has 2 N–H and O–H groups in total. The summed E-state index contributed by atoms with van der Waals surface area (Å²) in [6, 6.07) is 0. The fourth-order valence-corrected chi connectivity index (χ4v) is 2.42. The van der Waals surface area contributed by atoms with E-state index in [9.17, 15) is 9.90 Å². The third-order valence-electron chi connectivity index (χ3n) is 3.21. The number of carbonyl (C=O) groups is 1. The van der Waals surface area contributed by atoms with Crippen molar-refractivity contribution < 1.29 is 15.0 Å². The van der Waals surface area contributed by atoms with Crippen molar-refractivity contribution in [3.63, 3.8) is 0 Å². The third-order valence-corrected chi connectivity index (χ3v) is 3.21. The Morgan fingerprint density at radius 2 is 1.94 bits per heavy atom. The van der Waals surface area contributed by atoms with E-state index in [4.69, 9.17) is 5.11 Å². The lowest BCUT2D eigenvalue weighted by Gasteiger charge is -2.23. The van der Waals surface area contributed by atoms with Crippen LogP contribution in [-0.2, 0) is 0 Å². The molecular formula is C12H15NO3. The van der Waals surface area contributed by atoms with Gasteiger partial charge in [0.1, 0.15) is 11.3 Å². The average Bonchev–Trinajstić information content (AvgIpc) is 2.29. The lowest BCUT2D eigenvalue weighted by atomic mass is 9.83. The number of rotatable bonds is 2. The van der Waals surface area contributed by atoms with Crippen molar-refractivity contribution in [1.29, 1.82) is 0 Å². The fraction of sp³-hybridized carbons (Fsp3) is 0.500. The minimum Gasteiger partial charge on any atom is -0.505 e. The number of nitrogens with zero attached hydrogens (tertiary/aromatic N) is 1. The van der Waals surface area contributed by atoms with E-state index >= 15 is 0 Å². The minimum absolute atomic E-state index is 0.0295. The molecule has 0 unspecified atom stereocenters. The van der Waals surface area contributed by atoms with Crippen LogP contribution in [0.2, 0.25) is 0 Å². The molecule has 0 bridgehead atoms. The molecule has 1 fully saturated rings. The van der Waals surface area contributed by atoms with Crippen molar-refractivity contribution in [2.24, 2.45) is 0 Å². The van der Waals surface area contributed by atoms with Gasteiger partial charge in [-0.15, -0.1) is 0 Å². The van der Waals surface area contributed by atoms with E-state index in [0.717, 1.165) is 25.7 Å². The summed E-state index contributed by atoms with van der Waals surface area (Å²) < 4.78 is 0. The van der Waals surface area contributed by atoms with Crippen molar-refractivity contribution in [1.82, 2.24) is 4.98 Å². The second-order valence-corrected chi connectivity index (χ2v) is 4.26. The molecule has 4 heteroatoms. The summed E-state index contributed by atoms with van der Waals surface area (Å²) in [5.74, 6) is -1.06. The van der Waals surface area contributed by atoms with E-state index in [-0.39, 0.29) is 17.2 Å². The smallest absolute Gasteiger partial charge is 0.339 e. The molecule has 0 amide bonds. The summed E-state index contributed by atoms with van der Waals surface area (Å²) in [6.45, 7) is 0. The van der Waals surface area contributed by atoms with Crippen molar-refractivity contribution >= 4 is 5.97 Å². The molecule has 0 spiro atoms. The molecule has 4 nitrogen and oxygen atoms in total. The zero-order valence-corrected chi connectivity index (χ0v) is 9.02. The average molecular weight is 221 g/mol. The van der Waals surface area contributed by atoms with Crippen LogP contribution in [0.15, 0.2) is 12.4 Å². The highest BCUT2D eigenvalue weighted by Crippen LogP contribution is 2.36. The highest BCUT2D eigenvalue weighted by atomic mass is 16.4. The Hall–Kier alpha value is -1.58. The number of carboxylic acids is 1. The molecule has 1 saturated carbocycles. The van der Waals surface area contributed by atoms with Gasteiger partial charge in [-0.2, -0.15) is 0 Å². The SMILES string of the molecule is O=C(O)c1c(O)cncc1C1CCCCC1. The Balaban J connectivity index is 2.38. The number of hydrogen-bond donors (Lipinski definition) is 2. The quantitative estimate of drug-likeness (QED) is 0.805. The summed E-state index contributed by atoms with van der Waals surface area (Å²) in [7, 11) is 0. The van der Waals surface area contributed by atoms with Crippen LogP contribution in [0.1, 0.15) is 53.9 Å². The topological polar surface area (TPSA) is 70.4 Å². The van der Waals surface area contributed by atoms with Gasteiger partial charge in [0.15, 0.2) is 0 Å². The van der Waals surface area contributed by atoms with Gasteiger partial charge in [-0.25, -0.2) is 4.79 Å². The molecule has 0 aliphatic heterocycles. The molecular weight excluding hydrogens is 206 g/mol. The van der Waals surface area contributed by atoms with Gasteiger partial charge in [-0.1, -0.05) is 19.3 Å². The summed E-state index contributed by atoms with van der Waals surface area (Å²) >= 11 is 0. The van der Waals surface area contributed by atoms with Crippen LogP contribution in [-0.4, -0.2) is 21.2 Å². The molecule has 0 aromatic carbocycles. The number of pyridine rings is 1. The van der Waals surface area contributed by atoms with Gasteiger partial charge in [0.25, 0.3) is 0 Å². The summed E-state index contributed by atoms with van der Waals surface area (Å²) in [5.41, 5.74) is 0.717. The maximum absolute atomic E-state index is 11.1. The molecule has 16 heavy (non-hydrogen) atoms. The Kier molecular flexibility index (Phi) is 3.08. The Bertz CT molecular complexity index is 397.